The van der Waals surface area contributed by atoms with Gasteiger partial charge in [-0.1, -0.05) is 0 Å². The van der Waals surface area contributed by atoms with Gasteiger partial charge in [0, 0.05) is 24.7 Å². The molecule has 0 aromatic carbocycles. The van der Waals surface area contributed by atoms with Crippen molar-refractivity contribution in [3.63, 3.8) is 0 Å². The quantitative estimate of drug-likeness (QED) is 0.763. The van der Waals surface area contributed by atoms with Gasteiger partial charge in [-0.05, 0) is 27.3 Å². The summed E-state index contributed by atoms with van der Waals surface area (Å²) >= 11 is 0. The molecule has 1 aromatic rings. The fraction of sp³-hybridized carbons (Fsp3) is 0.833. The fourth-order valence-corrected chi connectivity index (χ4v) is 2.49. The van der Waals surface area contributed by atoms with Gasteiger partial charge in [0.25, 0.3) is 0 Å². The van der Waals surface area contributed by atoms with Gasteiger partial charge in [-0.15, -0.1) is 10.2 Å². The predicted octanol–water partition coefficient (Wildman–Crippen LogP) is -0.157. The van der Waals surface area contributed by atoms with Gasteiger partial charge in [0.05, 0.1) is 13.2 Å². The summed E-state index contributed by atoms with van der Waals surface area (Å²) in [7, 11) is 1.90. The Kier molecular flexibility index (Phi) is 3.99. The molecule has 0 saturated carbocycles. The van der Waals surface area contributed by atoms with Crippen molar-refractivity contribution < 1.29 is 5.11 Å². The summed E-state index contributed by atoms with van der Waals surface area (Å²) < 4.78 is 2.10. The van der Waals surface area contributed by atoms with Crippen LogP contribution in [0.3, 0.4) is 0 Å². The van der Waals surface area contributed by atoms with Crippen LogP contribution in [0.5, 0.6) is 0 Å². The highest BCUT2D eigenvalue weighted by Crippen LogP contribution is 2.19. The van der Waals surface area contributed by atoms with E-state index in [2.05, 4.69) is 38.8 Å². The monoisotopic (exact) mass is 253 g/mol. The van der Waals surface area contributed by atoms with Crippen LogP contribution in [0.1, 0.15) is 26.1 Å². The van der Waals surface area contributed by atoms with Crippen molar-refractivity contribution in [2.75, 3.05) is 20.2 Å². The second-order valence-electron chi connectivity index (χ2n) is 5.43. The zero-order valence-corrected chi connectivity index (χ0v) is 11.4. The molecule has 1 aliphatic heterocycles. The van der Waals surface area contributed by atoms with Gasteiger partial charge in [0.15, 0.2) is 0 Å². The molecule has 2 heterocycles. The fourth-order valence-electron chi connectivity index (χ4n) is 2.49. The molecule has 6 heteroatoms. The maximum absolute atomic E-state index is 9.45. The number of nitrogens with zero attached hydrogens (tertiary/aromatic N) is 4. The number of aliphatic hydroxyl groups excluding tert-OH is 1. The number of nitrogens with one attached hydrogen (secondary N) is 1. The maximum Gasteiger partial charge on any atom is 0.147 e. The molecule has 0 amide bonds. The SMILES string of the molecule is CNC(C)(CO)CC(C)N1CCn2cnnc2C1. The van der Waals surface area contributed by atoms with E-state index in [-0.39, 0.29) is 12.1 Å². The van der Waals surface area contributed by atoms with Crippen molar-refractivity contribution in [1.82, 2.24) is 25.0 Å². The lowest BCUT2D eigenvalue weighted by atomic mass is 9.94. The Bertz CT molecular complexity index is 388. The van der Waals surface area contributed by atoms with E-state index in [9.17, 15) is 5.11 Å². The van der Waals surface area contributed by atoms with Crippen LogP contribution in [-0.4, -0.2) is 56.6 Å². The first-order valence-electron chi connectivity index (χ1n) is 6.48. The predicted molar refractivity (Wildman–Crippen MR) is 69.1 cm³/mol. The van der Waals surface area contributed by atoms with E-state index < -0.39 is 0 Å². The lowest BCUT2D eigenvalue weighted by molar-refractivity contribution is 0.101. The molecule has 1 aromatic heterocycles. The molecule has 102 valence electrons. The second kappa shape index (κ2) is 5.34. The highest BCUT2D eigenvalue weighted by molar-refractivity contribution is 4.93. The number of hydrogen-bond donors (Lipinski definition) is 2. The molecule has 0 bridgehead atoms. The molecule has 2 unspecified atom stereocenters. The van der Waals surface area contributed by atoms with Gasteiger partial charge in [-0.3, -0.25) is 4.90 Å². The van der Waals surface area contributed by atoms with Crippen LogP contribution in [0, 0.1) is 0 Å². The Morgan fingerprint density at radius 2 is 2.33 bits per heavy atom. The third kappa shape index (κ3) is 2.71. The lowest BCUT2D eigenvalue weighted by Crippen LogP contribution is -2.50. The van der Waals surface area contributed by atoms with E-state index in [1.165, 1.54) is 0 Å². The normalized spacial score (nSPS) is 21.3. The van der Waals surface area contributed by atoms with E-state index in [0.717, 1.165) is 31.9 Å². The molecule has 0 fully saturated rings. The summed E-state index contributed by atoms with van der Waals surface area (Å²) in [5, 5.41) is 20.7. The van der Waals surface area contributed by atoms with Crippen molar-refractivity contribution >= 4 is 0 Å². The molecule has 2 atom stereocenters. The number of likely N-dealkylation sites (N-methyl/N-ethyl adjacent to an activating group) is 1. The van der Waals surface area contributed by atoms with Crippen LogP contribution in [0.15, 0.2) is 6.33 Å². The third-order valence-corrected chi connectivity index (χ3v) is 3.99. The third-order valence-electron chi connectivity index (χ3n) is 3.99. The Morgan fingerprint density at radius 3 is 3.00 bits per heavy atom. The number of aromatic nitrogens is 3. The van der Waals surface area contributed by atoms with Crippen molar-refractivity contribution in [3.05, 3.63) is 12.2 Å². The molecule has 0 saturated heterocycles. The number of fused-ring (bicyclic) bond motifs is 1. The summed E-state index contributed by atoms with van der Waals surface area (Å²) in [6.45, 7) is 7.21. The van der Waals surface area contributed by atoms with Gasteiger partial charge in [-0.25, -0.2) is 0 Å². The average Bonchev–Trinajstić information content (AvgIpc) is 2.85. The Morgan fingerprint density at radius 1 is 1.56 bits per heavy atom. The molecular formula is C12H23N5O. The molecule has 6 nitrogen and oxygen atoms in total. The highest BCUT2D eigenvalue weighted by atomic mass is 16.3. The maximum atomic E-state index is 9.45. The molecule has 1 aliphatic rings. The topological polar surface area (TPSA) is 66.2 Å². The Balaban J connectivity index is 1.97. The van der Waals surface area contributed by atoms with E-state index >= 15 is 0 Å². The highest BCUT2D eigenvalue weighted by Gasteiger charge is 2.28. The smallest absolute Gasteiger partial charge is 0.147 e. The Hall–Kier alpha value is -0.980. The molecule has 18 heavy (non-hydrogen) atoms. The second-order valence-corrected chi connectivity index (χ2v) is 5.43. The summed E-state index contributed by atoms with van der Waals surface area (Å²) in [6, 6.07) is 0.403. The van der Waals surface area contributed by atoms with Gasteiger partial charge < -0.3 is 15.0 Å². The van der Waals surface area contributed by atoms with Crippen LogP contribution in [0.2, 0.25) is 0 Å². The van der Waals surface area contributed by atoms with E-state index in [4.69, 9.17) is 0 Å². The van der Waals surface area contributed by atoms with Gasteiger partial charge >= 0.3 is 0 Å². The van der Waals surface area contributed by atoms with Crippen LogP contribution >= 0.6 is 0 Å². The largest absolute Gasteiger partial charge is 0.394 e. The summed E-state index contributed by atoms with van der Waals surface area (Å²) in [5.74, 6) is 1.03. The van der Waals surface area contributed by atoms with Crippen molar-refractivity contribution in [1.29, 1.82) is 0 Å². The molecule has 2 N–H and O–H groups in total. The summed E-state index contributed by atoms with van der Waals surface area (Å²) in [6.07, 6.45) is 2.71. The van der Waals surface area contributed by atoms with E-state index in [1.54, 1.807) is 6.33 Å². The summed E-state index contributed by atoms with van der Waals surface area (Å²) in [4.78, 5) is 2.40. The van der Waals surface area contributed by atoms with Gasteiger partial charge in [0.1, 0.15) is 12.2 Å². The first-order valence-corrected chi connectivity index (χ1v) is 6.48. The minimum absolute atomic E-state index is 0.151. The van der Waals surface area contributed by atoms with Crippen LogP contribution in [0.25, 0.3) is 0 Å². The van der Waals surface area contributed by atoms with Crippen LogP contribution in [0.4, 0.5) is 0 Å². The first-order chi connectivity index (χ1) is 8.58. The van der Waals surface area contributed by atoms with E-state index in [1.807, 2.05) is 7.05 Å². The van der Waals surface area contributed by atoms with Crippen molar-refractivity contribution in [3.8, 4) is 0 Å². The van der Waals surface area contributed by atoms with E-state index in [0.29, 0.717) is 6.04 Å². The number of rotatable bonds is 5. The number of aliphatic hydroxyl groups is 1. The average molecular weight is 253 g/mol. The minimum atomic E-state index is -0.218. The van der Waals surface area contributed by atoms with Crippen LogP contribution < -0.4 is 5.32 Å². The number of hydrogen-bond acceptors (Lipinski definition) is 5. The summed E-state index contributed by atoms with van der Waals surface area (Å²) in [5.41, 5.74) is -0.218. The molecule has 0 spiro atoms. The minimum Gasteiger partial charge on any atom is -0.394 e. The zero-order chi connectivity index (χ0) is 13.2. The van der Waals surface area contributed by atoms with Crippen molar-refractivity contribution in [2.24, 2.45) is 0 Å². The Labute approximate surface area is 108 Å². The van der Waals surface area contributed by atoms with Crippen molar-refractivity contribution in [2.45, 2.75) is 44.9 Å². The lowest BCUT2D eigenvalue weighted by Gasteiger charge is -2.37. The molecule has 2 rings (SSSR count). The van der Waals surface area contributed by atoms with Crippen LogP contribution in [-0.2, 0) is 13.1 Å². The van der Waals surface area contributed by atoms with Gasteiger partial charge in [-0.2, -0.15) is 0 Å². The first kappa shape index (κ1) is 13.5. The van der Waals surface area contributed by atoms with Gasteiger partial charge in [0.2, 0.25) is 0 Å². The molecule has 0 radical (unpaired) electrons. The zero-order valence-electron chi connectivity index (χ0n) is 11.4. The molecule has 0 aliphatic carbocycles. The molecular weight excluding hydrogens is 230 g/mol. The standard InChI is InChI=1S/C12H23N5O/c1-10(6-12(2,8-18)13-3)16-4-5-17-9-14-15-11(17)7-16/h9-10,13,18H,4-8H2,1-3H3.